The number of halogens is 1. The van der Waals surface area contributed by atoms with Crippen LogP contribution in [0.5, 0.6) is 0 Å². The molecule has 1 aromatic rings. The number of hydrogen-bond donors (Lipinski definition) is 2. The minimum Gasteiger partial charge on any atom is -0.396 e. The number of pyridine rings is 1. The van der Waals surface area contributed by atoms with Crippen molar-refractivity contribution in [1.82, 2.24) is 4.98 Å². The van der Waals surface area contributed by atoms with Crippen LogP contribution in [0.4, 0.5) is 11.5 Å². The van der Waals surface area contributed by atoms with Gasteiger partial charge in [-0.15, -0.1) is 0 Å². The smallest absolute Gasteiger partial charge is 0.151 e. The predicted molar refractivity (Wildman–Crippen MR) is 82.5 cm³/mol. The fourth-order valence-corrected chi connectivity index (χ4v) is 3.85. The first-order valence-corrected chi connectivity index (χ1v) is 7.23. The summed E-state index contributed by atoms with van der Waals surface area (Å²) in [6.45, 7) is 9.32. The van der Waals surface area contributed by atoms with Crippen molar-refractivity contribution < 1.29 is 0 Å². The Balaban J connectivity index is 2.16. The summed E-state index contributed by atoms with van der Waals surface area (Å²) in [6.07, 6.45) is 3.50. The van der Waals surface area contributed by atoms with E-state index in [2.05, 4.69) is 38.0 Å². The van der Waals surface area contributed by atoms with E-state index in [1.54, 1.807) is 12.1 Å². The fourth-order valence-electron chi connectivity index (χ4n) is 3.70. The first-order chi connectivity index (χ1) is 8.67. The molecule has 0 unspecified atom stereocenters. The van der Waals surface area contributed by atoms with Crippen molar-refractivity contribution in [2.75, 3.05) is 11.1 Å². The summed E-state index contributed by atoms with van der Waals surface area (Å²) in [6, 6.07) is 3.92. The summed E-state index contributed by atoms with van der Waals surface area (Å²) in [4.78, 5) is 4.29. The summed E-state index contributed by atoms with van der Waals surface area (Å²) >= 11 is 5.94. The molecule has 1 aromatic heterocycles. The van der Waals surface area contributed by atoms with E-state index in [4.69, 9.17) is 17.3 Å². The van der Waals surface area contributed by atoms with E-state index in [-0.39, 0.29) is 0 Å². The average Bonchev–Trinajstić information content (AvgIpc) is 2.18. The second-order valence-electron chi connectivity index (χ2n) is 7.33. The molecule has 0 bridgehead atoms. The molecule has 19 heavy (non-hydrogen) atoms. The van der Waals surface area contributed by atoms with Gasteiger partial charge in [-0.3, -0.25) is 0 Å². The molecule has 1 saturated carbocycles. The molecule has 1 heterocycles. The maximum Gasteiger partial charge on any atom is 0.151 e. The largest absolute Gasteiger partial charge is 0.396 e. The van der Waals surface area contributed by atoms with Gasteiger partial charge >= 0.3 is 0 Å². The molecule has 3 N–H and O–H groups in total. The number of aromatic nitrogens is 1. The first kappa shape index (κ1) is 14.4. The van der Waals surface area contributed by atoms with Crippen LogP contribution in [0.15, 0.2) is 12.1 Å². The Bertz CT molecular complexity index is 452. The highest BCUT2D eigenvalue weighted by atomic mass is 35.5. The quantitative estimate of drug-likeness (QED) is 0.793. The lowest BCUT2D eigenvalue weighted by Gasteiger charge is -2.45. The maximum atomic E-state index is 5.96. The van der Waals surface area contributed by atoms with E-state index >= 15 is 0 Å². The maximum absolute atomic E-state index is 5.96. The number of hydrogen-bond acceptors (Lipinski definition) is 3. The molecule has 0 aliphatic heterocycles. The molecular weight excluding hydrogens is 258 g/mol. The monoisotopic (exact) mass is 281 g/mol. The van der Waals surface area contributed by atoms with Crippen LogP contribution in [-0.2, 0) is 0 Å². The zero-order valence-corrected chi connectivity index (χ0v) is 13.0. The van der Waals surface area contributed by atoms with Crippen LogP contribution in [0.1, 0.15) is 47.0 Å². The van der Waals surface area contributed by atoms with Gasteiger partial charge < -0.3 is 11.1 Å². The molecule has 0 atom stereocenters. The van der Waals surface area contributed by atoms with Crippen molar-refractivity contribution in [2.24, 2.45) is 10.8 Å². The Hall–Kier alpha value is -0.960. The predicted octanol–water partition coefficient (Wildman–Crippen LogP) is 4.33. The standard InChI is InChI=1S/C15H24ClN3/c1-14(2)7-10(8-15(3,4)9-14)18-13-11(17)5-6-12(16)19-13/h5-6,10H,7-9,17H2,1-4H3,(H,18,19). The first-order valence-electron chi connectivity index (χ1n) is 6.85. The topological polar surface area (TPSA) is 50.9 Å². The van der Waals surface area contributed by atoms with E-state index in [0.29, 0.717) is 33.5 Å². The van der Waals surface area contributed by atoms with Crippen LogP contribution in [0.25, 0.3) is 0 Å². The summed E-state index contributed by atoms with van der Waals surface area (Å²) in [5.74, 6) is 0.714. The zero-order valence-electron chi connectivity index (χ0n) is 12.3. The molecular formula is C15H24ClN3. The minimum atomic E-state index is 0.340. The Morgan fingerprint density at radius 2 is 1.79 bits per heavy atom. The van der Waals surface area contributed by atoms with Crippen LogP contribution in [0.3, 0.4) is 0 Å². The number of anilines is 2. The summed E-state index contributed by atoms with van der Waals surface area (Å²) < 4.78 is 0. The summed E-state index contributed by atoms with van der Waals surface area (Å²) in [5, 5.41) is 3.96. The van der Waals surface area contributed by atoms with Crippen LogP contribution >= 0.6 is 11.6 Å². The lowest BCUT2D eigenvalue weighted by atomic mass is 9.63. The van der Waals surface area contributed by atoms with Crippen molar-refractivity contribution in [3.8, 4) is 0 Å². The number of rotatable bonds is 2. The van der Waals surface area contributed by atoms with Gasteiger partial charge in [0.05, 0.1) is 5.69 Å². The third kappa shape index (κ3) is 3.75. The van der Waals surface area contributed by atoms with Crippen LogP contribution in [0, 0.1) is 10.8 Å². The number of nitrogens with one attached hydrogen (secondary N) is 1. The van der Waals surface area contributed by atoms with Gasteiger partial charge in [-0.1, -0.05) is 39.3 Å². The van der Waals surface area contributed by atoms with Gasteiger partial charge in [-0.25, -0.2) is 4.98 Å². The highest BCUT2D eigenvalue weighted by Crippen LogP contribution is 2.46. The van der Waals surface area contributed by atoms with Crippen molar-refractivity contribution in [3.63, 3.8) is 0 Å². The highest BCUT2D eigenvalue weighted by molar-refractivity contribution is 6.29. The SMILES string of the molecule is CC1(C)CC(Nc2nc(Cl)ccc2N)CC(C)(C)C1. The molecule has 0 amide bonds. The van der Waals surface area contributed by atoms with Gasteiger partial charge in [0, 0.05) is 6.04 Å². The molecule has 0 spiro atoms. The second-order valence-corrected chi connectivity index (χ2v) is 7.71. The highest BCUT2D eigenvalue weighted by Gasteiger charge is 2.38. The molecule has 1 fully saturated rings. The van der Waals surface area contributed by atoms with Gasteiger partial charge in [0.15, 0.2) is 5.82 Å². The summed E-state index contributed by atoms with van der Waals surface area (Å²) in [5.41, 5.74) is 7.30. The minimum absolute atomic E-state index is 0.340. The van der Waals surface area contributed by atoms with E-state index in [1.165, 1.54) is 6.42 Å². The van der Waals surface area contributed by atoms with Gasteiger partial charge in [0.1, 0.15) is 5.15 Å². The molecule has 106 valence electrons. The fraction of sp³-hybridized carbons (Fsp3) is 0.667. The number of nitrogens with two attached hydrogens (primary N) is 1. The molecule has 3 nitrogen and oxygen atoms in total. The van der Waals surface area contributed by atoms with Crippen molar-refractivity contribution in [3.05, 3.63) is 17.3 Å². The van der Waals surface area contributed by atoms with Gasteiger partial charge in [-0.05, 0) is 42.2 Å². The average molecular weight is 282 g/mol. The Morgan fingerprint density at radius 3 is 2.37 bits per heavy atom. The number of nitrogens with zero attached hydrogens (tertiary/aromatic N) is 1. The molecule has 0 aromatic carbocycles. The second kappa shape index (κ2) is 4.86. The van der Waals surface area contributed by atoms with E-state index < -0.39 is 0 Å². The van der Waals surface area contributed by atoms with Crippen LogP contribution in [-0.4, -0.2) is 11.0 Å². The van der Waals surface area contributed by atoms with Crippen molar-refractivity contribution >= 4 is 23.1 Å². The molecule has 1 aliphatic rings. The van der Waals surface area contributed by atoms with E-state index in [1.807, 2.05) is 0 Å². The molecule has 0 saturated heterocycles. The molecule has 4 heteroatoms. The third-order valence-corrected chi connectivity index (χ3v) is 4.00. The van der Waals surface area contributed by atoms with Gasteiger partial charge in [-0.2, -0.15) is 0 Å². The molecule has 1 aliphatic carbocycles. The van der Waals surface area contributed by atoms with Crippen molar-refractivity contribution in [1.29, 1.82) is 0 Å². The lowest BCUT2D eigenvalue weighted by molar-refractivity contribution is 0.105. The molecule has 0 radical (unpaired) electrons. The van der Waals surface area contributed by atoms with Gasteiger partial charge in [0.25, 0.3) is 0 Å². The molecule has 2 rings (SSSR count). The van der Waals surface area contributed by atoms with Crippen molar-refractivity contribution in [2.45, 2.75) is 53.0 Å². The van der Waals surface area contributed by atoms with Crippen LogP contribution in [0.2, 0.25) is 5.15 Å². The summed E-state index contributed by atoms with van der Waals surface area (Å²) in [7, 11) is 0. The Morgan fingerprint density at radius 1 is 1.21 bits per heavy atom. The van der Waals surface area contributed by atoms with E-state index in [9.17, 15) is 0 Å². The van der Waals surface area contributed by atoms with E-state index in [0.717, 1.165) is 12.8 Å². The lowest BCUT2D eigenvalue weighted by Crippen LogP contribution is -2.40. The number of nitrogen functional groups attached to an aromatic ring is 1. The Kier molecular flexibility index (Phi) is 3.69. The van der Waals surface area contributed by atoms with Crippen LogP contribution < -0.4 is 11.1 Å². The normalized spacial score (nSPS) is 22.2. The van der Waals surface area contributed by atoms with Gasteiger partial charge in [0.2, 0.25) is 0 Å². The zero-order chi connectivity index (χ0) is 14.3. The third-order valence-electron chi connectivity index (χ3n) is 3.79. The Labute approximate surface area is 120 Å².